The molecule has 0 radical (unpaired) electrons. The van der Waals surface area contributed by atoms with Crippen LogP contribution in [-0.4, -0.2) is 22.1 Å². The Labute approximate surface area is 93.5 Å². The molecule has 0 atom stereocenters. The standard InChI is InChI=1S/C11H15FN2O2/c1-3-8(4-2)14-10-9(11(15)16)5-7(12)6-13-10/h5-6,8H,3-4H2,1-2H3,(H,13,14)(H,15,16). The minimum atomic E-state index is -1.18. The van der Waals surface area contributed by atoms with Gasteiger partial charge < -0.3 is 10.4 Å². The van der Waals surface area contributed by atoms with Crippen molar-refractivity contribution < 1.29 is 14.3 Å². The molecule has 0 saturated heterocycles. The lowest BCUT2D eigenvalue weighted by Gasteiger charge is -2.16. The van der Waals surface area contributed by atoms with Crippen molar-refractivity contribution in [2.24, 2.45) is 0 Å². The second-order valence-electron chi connectivity index (χ2n) is 3.51. The quantitative estimate of drug-likeness (QED) is 0.809. The van der Waals surface area contributed by atoms with Crippen molar-refractivity contribution in [1.29, 1.82) is 0 Å². The third kappa shape index (κ3) is 2.92. The highest BCUT2D eigenvalue weighted by molar-refractivity contribution is 5.93. The first-order valence-corrected chi connectivity index (χ1v) is 5.23. The summed E-state index contributed by atoms with van der Waals surface area (Å²) in [5.74, 6) is -1.60. The summed E-state index contributed by atoms with van der Waals surface area (Å²) in [5, 5.41) is 11.9. The van der Waals surface area contributed by atoms with E-state index in [9.17, 15) is 9.18 Å². The third-order valence-electron chi connectivity index (χ3n) is 2.41. The lowest BCUT2D eigenvalue weighted by molar-refractivity contribution is 0.0697. The molecule has 0 aromatic carbocycles. The average Bonchev–Trinajstić information content (AvgIpc) is 2.27. The van der Waals surface area contributed by atoms with Crippen LogP contribution >= 0.6 is 0 Å². The fraction of sp³-hybridized carbons (Fsp3) is 0.455. The van der Waals surface area contributed by atoms with Crippen LogP contribution in [-0.2, 0) is 0 Å². The van der Waals surface area contributed by atoms with E-state index in [0.29, 0.717) is 0 Å². The maximum Gasteiger partial charge on any atom is 0.339 e. The van der Waals surface area contributed by atoms with Gasteiger partial charge in [0.2, 0.25) is 0 Å². The van der Waals surface area contributed by atoms with E-state index in [1.54, 1.807) is 0 Å². The van der Waals surface area contributed by atoms with E-state index in [0.717, 1.165) is 25.1 Å². The molecule has 0 aliphatic heterocycles. The van der Waals surface area contributed by atoms with E-state index in [2.05, 4.69) is 10.3 Å². The predicted octanol–water partition coefficient (Wildman–Crippen LogP) is 2.52. The number of pyridine rings is 1. The van der Waals surface area contributed by atoms with Gasteiger partial charge in [-0.15, -0.1) is 0 Å². The lowest BCUT2D eigenvalue weighted by Crippen LogP contribution is -2.20. The third-order valence-corrected chi connectivity index (χ3v) is 2.41. The van der Waals surface area contributed by atoms with Gasteiger partial charge in [0.25, 0.3) is 0 Å². The molecule has 1 aromatic heterocycles. The Balaban J connectivity index is 2.98. The zero-order valence-corrected chi connectivity index (χ0v) is 9.33. The summed E-state index contributed by atoms with van der Waals surface area (Å²) in [7, 11) is 0. The van der Waals surface area contributed by atoms with Crippen molar-refractivity contribution in [1.82, 2.24) is 4.98 Å². The normalized spacial score (nSPS) is 10.5. The number of nitrogens with zero attached hydrogens (tertiary/aromatic N) is 1. The molecule has 0 spiro atoms. The minimum Gasteiger partial charge on any atom is -0.478 e. The van der Waals surface area contributed by atoms with Crippen molar-refractivity contribution in [3.63, 3.8) is 0 Å². The Morgan fingerprint density at radius 1 is 1.56 bits per heavy atom. The predicted molar refractivity (Wildman–Crippen MR) is 59.1 cm³/mol. The summed E-state index contributed by atoms with van der Waals surface area (Å²) in [6, 6.07) is 1.12. The van der Waals surface area contributed by atoms with Crippen LogP contribution in [0.2, 0.25) is 0 Å². The van der Waals surface area contributed by atoms with Crippen LogP contribution in [0.5, 0.6) is 0 Å². The highest BCUT2D eigenvalue weighted by atomic mass is 19.1. The number of hydrogen-bond donors (Lipinski definition) is 2. The number of carbonyl (C=O) groups is 1. The zero-order chi connectivity index (χ0) is 12.1. The molecule has 88 valence electrons. The number of aromatic carboxylic acids is 1. The monoisotopic (exact) mass is 226 g/mol. The van der Waals surface area contributed by atoms with Crippen LogP contribution in [0.25, 0.3) is 0 Å². The Morgan fingerprint density at radius 3 is 2.69 bits per heavy atom. The van der Waals surface area contributed by atoms with Crippen LogP contribution in [0.3, 0.4) is 0 Å². The first kappa shape index (κ1) is 12.4. The van der Waals surface area contributed by atoms with Crippen LogP contribution in [0.1, 0.15) is 37.0 Å². The fourth-order valence-electron chi connectivity index (χ4n) is 1.40. The van der Waals surface area contributed by atoms with E-state index < -0.39 is 11.8 Å². The molecule has 4 nitrogen and oxygen atoms in total. The molecule has 1 heterocycles. The van der Waals surface area contributed by atoms with Gasteiger partial charge in [0.1, 0.15) is 17.2 Å². The SMILES string of the molecule is CCC(CC)Nc1ncc(F)cc1C(=O)O. The molecule has 1 rings (SSSR count). The molecule has 0 aliphatic carbocycles. The lowest BCUT2D eigenvalue weighted by atomic mass is 10.1. The van der Waals surface area contributed by atoms with Gasteiger partial charge in [-0.2, -0.15) is 0 Å². The van der Waals surface area contributed by atoms with Crippen molar-refractivity contribution in [2.45, 2.75) is 32.7 Å². The van der Waals surface area contributed by atoms with Crippen LogP contribution in [0, 0.1) is 5.82 Å². The number of carboxylic acids is 1. The molecule has 0 amide bonds. The van der Waals surface area contributed by atoms with Crippen molar-refractivity contribution in [3.05, 3.63) is 23.6 Å². The molecule has 0 aliphatic rings. The molecule has 5 heteroatoms. The van der Waals surface area contributed by atoms with Crippen molar-refractivity contribution in [2.75, 3.05) is 5.32 Å². The Bertz CT molecular complexity index is 378. The number of hydrogen-bond acceptors (Lipinski definition) is 3. The second kappa shape index (κ2) is 5.44. The Kier molecular flexibility index (Phi) is 4.22. The number of aromatic nitrogens is 1. The van der Waals surface area contributed by atoms with E-state index in [4.69, 9.17) is 5.11 Å². The molecule has 16 heavy (non-hydrogen) atoms. The summed E-state index contributed by atoms with van der Waals surface area (Å²) in [6.45, 7) is 3.98. The number of nitrogens with one attached hydrogen (secondary N) is 1. The van der Waals surface area contributed by atoms with Gasteiger partial charge in [-0.25, -0.2) is 14.2 Å². The van der Waals surface area contributed by atoms with Gasteiger partial charge in [0.05, 0.1) is 6.20 Å². The van der Waals surface area contributed by atoms with Gasteiger partial charge in [0, 0.05) is 6.04 Å². The summed E-state index contributed by atoms with van der Waals surface area (Å²) >= 11 is 0. The number of rotatable bonds is 5. The first-order chi connectivity index (χ1) is 7.58. The van der Waals surface area contributed by atoms with Crippen LogP contribution in [0.15, 0.2) is 12.3 Å². The second-order valence-corrected chi connectivity index (χ2v) is 3.51. The van der Waals surface area contributed by atoms with Gasteiger partial charge in [-0.05, 0) is 18.9 Å². The molecule has 0 unspecified atom stereocenters. The molecule has 1 aromatic rings. The van der Waals surface area contributed by atoms with E-state index in [1.165, 1.54) is 0 Å². The molecule has 2 N–H and O–H groups in total. The van der Waals surface area contributed by atoms with Crippen molar-refractivity contribution in [3.8, 4) is 0 Å². The summed E-state index contributed by atoms with van der Waals surface area (Å²) in [5.41, 5.74) is -0.132. The Hall–Kier alpha value is -1.65. The maximum absolute atomic E-state index is 12.9. The van der Waals surface area contributed by atoms with E-state index in [-0.39, 0.29) is 17.4 Å². The average molecular weight is 226 g/mol. The highest BCUT2D eigenvalue weighted by Crippen LogP contribution is 2.16. The highest BCUT2D eigenvalue weighted by Gasteiger charge is 2.14. The van der Waals surface area contributed by atoms with Crippen LogP contribution < -0.4 is 5.32 Å². The van der Waals surface area contributed by atoms with Gasteiger partial charge in [-0.3, -0.25) is 0 Å². The zero-order valence-electron chi connectivity index (χ0n) is 9.33. The smallest absolute Gasteiger partial charge is 0.339 e. The van der Waals surface area contributed by atoms with Gasteiger partial charge in [-0.1, -0.05) is 13.8 Å². The molecule has 0 bridgehead atoms. The topological polar surface area (TPSA) is 62.2 Å². The van der Waals surface area contributed by atoms with Crippen molar-refractivity contribution >= 4 is 11.8 Å². The number of carboxylic acid groups (broad SMARTS) is 1. The number of halogens is 1. The minimum absolute atomic E-state index is 0.132. The largest absolute Gasteiger partial charge is 0.478 e. The van der Waals surface area contributed by atoms with E-state index in [1.807, 2.05) is 13.8 Å². The molecule has 0 fully saturated rings. The summed E-state index contributed by atoms with van der Waals surface area (Å²) < 4.78 is 12.9. The summed E-state index contributed by atoms with van der Waals surface area (Å²) in [4.78, 5) is 14.7. The summed E-state index contributed by atoms with van der Waals surface area (Å²) in [6.07, 6.45) is 2.72. The maximum atomic E-state index is 12.9. The van der Waals surface area contributed by atoms with Gasteiger partial charge >= 0.3 is 5.97 Å². The fourth-order valence-corrected chi connectivity index (χ4v) is 1.40. The van der Waals surface area contributed by atoms with Crippen LogP contribution in [0.4, 0.5) is 10.2 Å². The molecular formula is C11H15FN2O2. The molecule has 0 saturated carbocycles. The number of anilines is 1. The Morgan fingerprint density at radius 2 is 2.19 bits per heavy atom. The van der Waals surface area contributed by atoms with Gasteiger partial charge in [0.15, 0.2) is 0 Å². The van der Waals surface area contributed by atoms with E-state index >= 15 is 0 Å². The molecular weight excluding hydrogens is 211 g/mol. The first-order valence-electron chi connectivity index (χ1n) is 5.23.